The second-order valence-corrected chi connectivity index (χ2v) is 7.73. The van der Waals surface area contributed by atoms with Gasteiger partial charge in [0.2, 0.25) is 5.95 Å². The van der Waals surface area contributed by atoms with Gasteiger partial charge in [-0.25, -0.2) is 14.7 Å². The highest BCUT2D eigenvalue weighted by Gasteiger charge is 2.22. The number of halogens is 3. The Morgan fingerprint density at radius 1 is 1.10 bits per heavy atom. The standard InChI is InChI=1S/C21H20Cl3N5O2/c1-13(12-31-2)26-20-25-11-10-17(28-20)29(14-6-4-3-5-7-14)21(30)27-16-9-8-15(22)18(23)19(16)24/h3-11,13H,12H2,1-2H3,(H,27,30)(H,25,26,28). The van der Waals surface area contributed by atoms with Gasteiger partial charge in [-0.15, -0.1) is 0 Å². The Bertz CT molecular complexity index is 1050. The molecule has 1 heterocycles. The largest absolute Gasteiger partial charge is 0.383 e. The fourth-order valence-corrected chi connectivity index (χ4v) is 3.36. The molecule has 0 saturated carbocycles. The molecule has 0 fully saturated rings. The van der Waals surface area contributed by atoms with E-state index in [1.54, 1.807) is 43.6 Å². The molecular formula is C21H20Cl3N5O2. The molecular weight excluding hydrogens is 461 g/mol. The zero-order chi connectivity index (χ0) is 22.4. The zero-order valence-corrected chi connectivity index (χ0v) is 19.0. The van der Waals surface area contributed by atoms with Gasteiger partial charge in [-0.2, -0.15) is 4.98 Å². The number of nitrogens with one attached hydrogen (secondary N) is 2. The second kappa shape index (κ2) is 10.6. The van der Waals surface area contributed by atoms with Crippen molar-refractivity contribution in [2.75, 3.05) is 29.3 Å². The number of rotatable bonds is 7. The predicted octanol–water partition coefficient (Wildman–Crippen LogP) is 6.25. The van der Waals surface area contributed by atoms with Crippen LogP contribution in [0.1, 0.15) is 6.92 Å². The van der Waals surface area contributed by atoms with Gasteiger partial charge in [0.05, 0.1) is 33.0 Å². The Hall–Kier alpha value is -2.58. The Morgan fingerprint density at radius 3 is 2.55 bits per heavy atom. The summed E-state index contributed by atoms with van der Waals surface area (Å²) in [4.78, 5) is 23.4. The van der Waals surface area contributed by atoms with Gasteiger partial charge >= 0.3 is 6.03 Å². The van der Waals surface area contributed by atoms with E-state index in [9.17, 15) is 4.79 Å². The fraction of sp³-hybridized carbons (Fsp3) is 0.190. The van der Waals surface area contributed by atoms with Gasteiger partial charge in [-0.05, 0) is 31.2 Å². The molecule has 0 radical (unpaired) electrons. The number of hydrogen-bond donors (Lipinski definition) is 2. The molecule has 3 rings (SSSR count). The van der Waals surface area contributed by atoms with Crippen LogP contribution in [0.4, 0.5) is 27.9 Å². The SMILES string of the molecule is COCC(C)Nc1nccc(N(C(=O)Nc2ccc(Cl)c(Cl)c2Cl)c2ccccc2)n1. The third-order valence-electron chi connectivity index (χ3n) is 4.16. The van der Waals surface area contributed by atoms with Crippen LogP contribution in [0.5, 0.6) is 0 Å². The molecule has 0 bridgehead atoms. The van der Waals surface area contributed by atoms with E-state index < -0.39 is 6.03 Å². The van der Waals surface area contributed by atoms with Crippen molar-refractivity contribution in [2.45, 2.75) is 13.0 Å². The van der Waals surface area contributed by atoms with Crippen molar-refractivity contribution in [1.29, 1.82) is 0 Å². The molecule has 0 saturated heterocycles. The highest BCUT2D eigenvalue weighted by Crippen LogP contribution is 2.36. The molecule has 0 aliphatic carbocycles. The Balaban J connectivity index is 1.95. The van der Waals surface area contributed by atoms with Crippen molar-refractivity contribution in [3.05, 3.63) is 69.8 Å². The second-order valence-electron chi connectivity index (χ2n) is 6.56. The number of benzene rings is 2. The third kappa shape index (κ3) is 5.77. The number of urea groups is 1. The highest BCUT2D eigenvalue weighted by atomic mass is 35.5. The Kier molecular flexibility index (Phi) is 7.92. The first-order valence-corrected chi connectivity index (χ1v) is 10.4. The highest BCUT2D eigenvalue weighted by molar-refractivity contribution is 6.49. The van der Waals surface area contributed by atoms with Crippen molar-refractivity contribution in [3.8, 4) is 0 Å². The molecule has 1 unspecified atom stereocenters. The van der Waals surface area contributed by atoms with Gasteiger partial charge in [0.15, 0.2) is 0 Å². The van der Waals surface area contributed by atoms with Crippen LogP contribution in [-0.2, 0) is 4.74 Å². The van der Waals surface area contributed by atoms with E-state index >= 15 is 0 Å². The van der Waals surface area contributed by atoms with E-state index in [0.717, 1.165) is 0 Å². The molecule has 31 heavy (non-hydrogen) atoms. The number of anilines is 4. The predicted molar refractivity (Wildman–Crippen MR) is 126 cm³/mol. The minimum absolute atomic E-state index is 0.0192. The maximum Gasteiger partial charge on any atom is 0.332 e. The topological polar surface area (TPSA) is 79.4 Å². The number of hydrogen-bond acceptors (Lipinski definition) is 5. The number of methoxy groups -OCH3 is 1. The van der Waals surface area contributed by atoms with Gasteiger partial charge in [-0.1, -0.05) is 53.0 Å². The average Bonchev–Trinajstić information content (AvgIpc) is 2.75. The molecule has 0 spiro atoms. The molecule has 10 heteroatoms. The molecule has 2 N–H and O–H groups in total. The average molecular weight is 481 g/mol. The molecule has 0 aliphatic heterocycles. The normalized spacial score (nSPS) is 11.6. The first-order chi connectivity index (χ1) is 14.9. The van der Waals surface area contributed by atoms with Crippen molar-refractivity contribution >= 4 is 64.0 Å². The van der Waals surface area contributed by atoms with Crippen LogP contribution < -0.4 is 15.5 Å². The number of carbonyl (C=O) groups excluding carboxylic acids is 1. The van der Waals surface area contributed by atoms with Crippen LogP contribution >= 0.6 is 34.8 Å². The molecule has 1 atom stereocenters. The summed E-state index contributed by atoms with van der Waals surface area (Å²) in [6.07, 6.45) is 1.57. The van der Waals surface area contributed by atoms with E-state index in [1.807, 2.05) is 25.1 Å². The van der Waals surface area contributed by atoms with Crippen LogP contribution in [-0.4, -0.2) is 35.8 Å². The summed E-state index contributed by atoms with van der Waals surface area (Å²) in [7, 11) is 1.62. The smallest absolute Gasteiger partial charge is 0.332 e. The molecule has 3 aromatic rings. The molecule has 0 aliphatic rings. The lowest BCUT2D eigenvalue weighted by Gasteiger charge is -2.23. The number of nitrogens with zero attached hydrogens (tertiary/aromatic N) is 3. The van der Waals surface area contributed by atoms with E-state index in [0.29, 0.717) is 34.8 Å². The number of carbonyl (C=O) groups is 1. The van der Waals surface area contributed by atoms with E-state index in [4.69, 9.17) is 39.5 Å². The van der Waals surface area contributed by atoms with Gasteiger partial charge < -0.3 is 15.4 Å². The molecule has 2 amide bonds. The van der Waals surface area contributed by atoms with E-state index in [-0.39, 0.29) is 16.1 Å². The Morgan fingerprint density at radius 2 is 1.84 bits per heavy atom. The van der Waals surface area contributed by atoms with E-state index in [2.05, 4.69) is 20.6 Å². The van der Waals surface area contributed by atoms with Gasteiger partial charge in [-0.3, -0.25) is 0 Å². The maximum absolute atomic E-state index is 13.3. The van der Waals surface area contributed by atoms with Crippen molar-refractivity contribution in [1.82, 2.24) is 9.97 Å². The number of aromatic nitrogens is 2. The third-order valence-corrected chi connectivity index (χ3v) is 5.45. The summed E-state index contributed by atoms with van der Waals surface area (Å²) in [5.74, 6) is 0.727. The number of ether oxygens (including phenoxy) is 1. The van der Waals surface area contributed by atoms with Gasteiger partial charge in [0.1, 0.15) is 5.82 Å². The monoisotopic (exact) mass is 479 g/mol. The van der Waals surface area contributed by atoms with Crippen molar-refractivity contribution in [2.24, 2.45) is 0 Å². The van der Waals surface area contributed by atoms with Crippen molar-refractivity contribution < 1.29 is 9.53 Å². The quantitative estimate of drug-likeness (QED) is 0.391. The summed E-state index contributed by atoms with van der Waals surface area (Å²) in [6, 6.07) is 13.3. The lowest BCUT2D eigenvalue weighted by molar-refractivity contribution is 0.190. The van der Waals surface area contributed by atoms with Gasteiger partial charge in [0, 0.05) is 25.4 Å². The van der Waals surface area contributed by atoms with Crippen LogP contribution in [0.25, 0.3) is 0 Å². The molecule has 7 nitrogen and oxygen atoms in total. The van der Waals surface area contributed by atoms with Crippen LogP contribution in [0, 0.1) is 0 Å². The van der Waals surface area contributed by atoms with E-state index in [1.165, 1.54) is 4.90 Å². The zero-order valence-electron chi connectivity index (χ0n) is 16.8. The van der Waals surface area contributed by atoms with Crippen LogP contribution in [0.2, 0.25) is 15.1 Å². The van der Waals surface area contributed by atoms with Crippen LogP contribution in [0.3, 0.4) is 0 Å². The van der Waals surface area contributed by atoms with Crippen molar-refractivity contribution in [3.63, 3.8) is 0 Å². The summed E-state index contributed by atoms with van der Waals surface area (Å²) in [5.41, 5.74) is 0.925. The lowest BCUT2D eigenvalue weighted by Crippen LogP contribution is -2.32. The minimum atomic E-state index is -0.485. The Labute approximate surface area is 195 Å². The lowest BCUT2D eigenvalue weighted by atomic mass is 10.3. The fourth-order valence-electron chi connectivity index (χ4n) is 2.78. The first kappa shape index (κ1) is 23.1. The summed E-state index contributed by atoms with van der Waals surface area (Å²) in [6.45, 7) is 2.42. The minimum Gasteiger partial charge on any atom is -0.383 e. The number of para-hydroxylation sites is 1. The van der Waals surface area contributed by atoms with Crippen LogP contribution in [0.15, 0.2) is 54.7 Å². The molecule has 162 valence electrons. The first-order valence-electron chi connectivity index (χ1n) is 9.29. The summed E-state index contributed by atoms with van der Waals surface area (Å²) < 4.78 is 5.13. The number of amides is 2. The molecule has 2 aromatic carbocycles. The summed E-state index contributed by atoms with van der Waals surface area (Å²) in [5, 5.41) is 6.51. The summed E-state index contributed by atoms with van der Waals surface area (Å²) >= 11 is 18.3. The van der Waals surface area contributed by atoms with Gasteiger partial charge in [0.25, 0.3) is 0 Å². The maximum atomic E-state index is 13.3. The molecule has 1 aromatic heterocycles.